The fourth-order valence-electron chi connectivity index (χ4n) is 1.55. The predicted octanol–water partition coefficient (Wildman–Crippen LogP) is 4.56. The van der Waals surface area contributed by atoms with Crippen molar-refractivity contribution in [3.05, 3.63) is 41.7 Å². The first-order valence-corrected chi connectivity index (χ1v) is 6.07. The van der Waals surface area contributed by atoms with Crippen molar-refractivity contribution in [2.24, 2.45) is 5.41 Å². The summed E-state index contributed by atoms with van der Waals surface area (Å²) < 4.78 is 0. The quantitative estimate of drug-likeness (QED) is 0.669. The van der Waals surface area contributed by atoms with Crippen molar-refractivity contribution in [1.82, 2.24) is 4.98 Å². The topological polar surface area (TPSA) is 12.9 Å². The fourth-order valence-corrected chi connectivity index (χ4v) is 1.55. The smallest absolute Gasteiger partial charge is 0.0698 e. The molecule has 0 amide bonds. The molecule has 1 atom stereocenters. The molecule has 1 heterocycles. The van der Waals surface area contributed by atoms with Crippen LogP contribution in [-0.4, -0.2) is 4.98 Å². The molecule has 1 heteroatoms. The van der Waals surface area contributed by atoms with Crippen molar-refractivity contribution in [1.29, 1.82) is 0 Å². The van der Waals surface area contributed by atoms with E-state index in [2.05, 4.69) is 49.2 Å². The second kappa shape index (κ2) is 5.64. The van der Waals surface area contributed by atoms with Gasteiger partial charge in [0.15, 0.2) is 0 Å². The highest BCUT2D eigenvalue weighted by Crippen LogP contribution is 2.30. The minimum Gasteiger partial charge on any atom is -0.256 e. The van der Waals surface area contributed by atoms with Gasteiger partial charge in [0.1, 0.15) is 0 Å². The number of hydrogen-bond acceptors (Lipinski definition) is 1. The highest BCUT2D eigenvalue weighted by atomic mass is 14.7. The molecule has 0 fully saturated rings. The van der Waals surface area contributed by atoms with Crippen LogP contribution in [0.4, 0.5) is 0 Å². The highest BCUT2D eigenvalue weighted by Gasteiger charge is 2.16. The summed E-state index contributed by atoms with van der Waals surface area (Å²) >= 11 is 0. The van der Waals surface area contributed by atoms with Crippen LogP contribution in [0.25, 0.3) is 12.2 Å². The van der Waals surface area contributed by atoms with Gasteiger partial charge in [-0.1, -0.05) is 52.0 Å². The number of nitrogens with zero attached hydrogens (tertiary/aromatic N) is 1. The summed E-state index contributed by atoms with van der Waals surface area (Å²) in [5, 5.41) is 0. The number of rotatable bonds is 1. The van der Waals surface area contributed by atoms with Crippen molar-refractivity contribution in [2.75, 3.05) is 0 Å². The van der Waals surface area contributed by atoms with E-state index in [1.165, 1.54) is 5.56 Å². The van der Waals surface area contributed by atoms with E-state index >= 15 is 0 Å². The zero-order chi connectivity index (χ0) is 12.0. The largest absolute Gasteiger partial charge is 0.256 e. The van der Waals surface area contributed by atoms with Crippen molar-refractivity contribution in [2.45, 2.75) is 34.1 Å². The Bertz CT molecular complexity index is 355. The molecule has 1 aliphatic carbocycles. The molecule has 1 nitrogen and oxygen atoms in total. The first-order chi connectivity index (χ1) is 7.73. The summed E-state index contributed by atoms with van der Waals surface area (Å²) in [7, 11) is 0. The molecule has 0 saturated carbocycles. The van der Waals surface area contributed by atoms with E-state index in [1.54, 1.807) is 0 Å². The van der Waals surface area contributed by atoms with Crippen LogP contribution in [0.2, 0.25) is 0 Å². The van der Waals surface area contributed by atoms with Crippen molar-refractivity contribution in [3.8, 4) is 0 Å². The average molecular weight is 215 g/mol. The second-order valence-corrected chi connectivity index (χ2v) is 4.00. The molecular formula is C15H21N. The third-order valence-corrected chi connectivity index (χ3v) is 2.90. The molecule has 1 aliphatic rings. The van der Waals surface area contributed by atoms with Gasteiger partial charge in [-0.25, -0.2) is 0 Å². The first kappa shape index (κ1) is 12.7. The Kier molecular flexibility index (Phi) is 4.48. The van der Waals surface area contributed by atoms with Crippen LogP contribution < -0.4 is 0 Å². The molecule has 0 N–H and O–H groups in total. The second-order valence-electron chi connectivity index (χ2n) is 4.00. The summed E-state index contributed by atoms with van der Waals surface area (Å²) in [6, 6.07) is 4.08. The maximum Gasteiger partial charge on any atom is 0.0698 e. The van der Waals surface area contributed by atoms with E-state index in [0.717, 1.165) is 12.1 Å². The minimum absolute atomic E-state index is 0.181. The standard InChI is InChI=1S/C13H15N.C2H6/c1-3-13(2)8-6-11-5-4-10-14-12(11)7-9-13;1-2/h4-10H,3H2,1-2H3;1-2H3. The normalized spacial score (nSPS) is 21.8. The van der Waals surface area contributed by atoms with Crippen LogP contribution in [0, 0.1) is 5.41 Å². The molecule has 0 aliphatic heterocycles. The van der Waals surface area contributed by atoms with Gasteiger partial charge in [-0.3, -0.25) is 4.98 Å². The van der Waals surface area contributed by atoms with E-state index in [4.69, 9.17) is 0 Å². The maximum atomic E-state index is 4.34. The van der Waals surface area contributed by atoms with Crippen molar-refractivity contribution in [3.63, 3.8) is 0 Å². The summed E-state index contributed by atoms with van der Waals surface area (Å²) in [5.41, 5.74) is 2.46. The van der Waals surface area contributed by atoms with Crippen LogP contribution in [0.15, 0.2) is 30.5 Å². The number of fused-ring (bicyclic) bond motifs is 1. The lowest BCUT2D eigenvalue weighted by atomic mass is 9.87. The van der Waals surface area contributed by atoms with Crippen LogP contribution in [0.3, 0.4) is 0 Å². The molecule has 1 aromatic rings. The lowest BCUT2D eigenvalue weighted by Crippen LogP contribution is -2.05. The van der Waals surface area contributed by atoms with Gasteiger partial charge in [-0.2, -0.15) is 0 Å². The molecular weight excluding hydrogens is 194 g/mol. The molecule has 16 heavy (non-hydrogen) atoms. The Morgan fingerprint density at radius 3 is 2.56 bits per heavy atom. The third kappa shape index (κ3) is 2.82. The molecule has 0 radical (unpaired) electrons. The molecule has 1 aromatic heterocycles. The molecule has 0 aromatic carbocycles. The summed E-state index contributed by atoms with van der Waals surface area (Å²) in [5.74, 6) is 0. The van der Waals surface area contributed by atoms with Crippen LogP contribution in [0.5, 0.6) is 0 Å². The SMILES string of the molecule is CC.CCC1(C)C=Cc2cccnc2C=C1. The Labute approximate surface area is 98.9 Å². The maximum absolute atomic E-state index is 4.34. The molecule has 86 valence electrons. The van der Waals surface area contributed by atoms with E-state index in [-0.39, 0.29) is 5.41 Å². The number of allylic oxidation sites excluding steroid dienone is 2. The monoisotopic (exact) mass is 215 g/mol. The van der Waals surface area contributed by atoms with Gasteiger partial charge in [0.2, 0.25) is 0 Å². The molecule has 0 spiro atoms. The number of aromatic nitrogens is 1. The zero-order valence-electron chi connectivity index (χ0n) is 10.7. The predicted molar refractivity (Wildman–Crippen MR) is 72.1 cm³/mol. The highest BCUT2D eigenvalue weighted by molar-refractivity contribution is 5.65. The van der Waals surface area contributed by atoms with E-state index in [1.807, 2.05) is 26.1 Å². The Balaban J connectivity index is 0.000000606. The molecule has 1 unspecified atom stereocenters. The van der Waals surface area contributed by atoms with Crippen molar-refractivity contribution >= 4 is 12.2 Å². The van der Waals surface area contributed by atoms with Gasteiger partial charge >= 0.3 is 0 Å². The van der Waals surface area contributed by atoms with Gasteiger partial charge in [0, 0.05) is 11.6 Å². The fraction of sp³-hybridized carbons (Fsp3) is 0.400. The van der Waals surface area contributed by atoms with E-state index in [0.29, 0.717) is 0 Å². The lowest BCUT2D eigenvalue weighted by molar-refractivity contribution is 0.536. The molecule has 0 saturated heterocycles. The van der Waals surface area contributed by atoms with Crippen LogP contribution in [-0.2, 0) is 0 Å². The molecule has 2 rings (SSSR count). The van der Waals surface area contributed by atoms with Crippen LogP contribution >= 0.6 is 0 Å². The van der Waals surface area contributed by atoms with Gasteiger partial charge in [0.05, 0.1) is 5.69 Å². The third-order valence-electron chi connectivity index (χ3n) is 2.90. The molecule has 0 bridgehead atoms. The van der Waals surface area contributed by atoms with E-state index < -0.39 is 0 Å². The van der Waals surface area contributed by atoms with E-state index in [9.17, 15) is 0 Å². The lowest BCUT2D eigenvalue weighted by Gasteiger charge is -2.17. The number of pyridine rings is 1. The zero-order valence-corrected chi connectivity index (χ0v) is 10.7. The van der Waals surface area contributed by atoms with Gasteiger partial charge in [-0.15, -0.1) is 0 Å². The summed E-state index contributed by atoms with van der Waals surface area (Å²) in [6.45, 7) is 8.45. The summed E-state index contributed by atoms with van der Waals surface area (Å²) in [6.07, 6.45) is 11.8. The van der Waals surface area contributed by atoms with Gasteiger partial charge in [0.25, 0.3) is 0 Å². The van der Waals surface area contributed by atoms with Gasteiger partial charge in [-0.05, 0) is 24.1 Å². The average Bonchev–Trinajstić information content (AvgIpc) is 2.53. The Hall–Kier alpha value is -1.37. The van der Waals surface area contributed by atoms with Gasteiger partial charge < -0.3 is 0 Å². The summed E-state index contributed by atoms with van der Waals surface area (Å²) in [4.78, 5) is 4.34. The first-order valence-electron chi connectivity index (χ1n) is 6.07. The number of hydrogen-bond donors (Lipinski definition) is 0. The van der Waals surface area contributed by atoms with Crippen LogP contribution in [0.1, 0.15) is 45.4 Å². The Morgan fingerprint density at radius 2 is 1.88 bits per heavy atom. The minimum atomic E-state index is 0.181. The van der Waals surface area contributed by atoms with Crippen molar-refractivity contribution < 1.29 is 0 Å². The Morgan fingerprint density at radius 1 is 1.19 bits per heavy atom.